The van der Waals surface area contributed by atoms with E-state index in [1.165, 1.54) is 19.3 Å². The summed E-state index contributed by atoms with van der Waals surface area (Å²) in [5, 5.41) is 3.58. The molecule has 3 unspecified atom stereocenters. The van der Waals surface area contributed by atoms with Crippen molar-refractivity contribution in [1.82, 2.24) is 0 Å². The molecular formula is C16H26N2O2S. The van der Waals surface area contributed by atoms with Gasteiger partial charge in [0, 0.05) is 17.4 Å². The van der Waals surface area contributed by atoms with Crippen molar-refractivity contribution in [3.63, 3.8) is 0 Å². The van der Waals surface area contributed by atoms with E-state index in [-0.39, 0.29) is 5.75 Å². The lowest BCUT2D eigenvalue weighted by atomic mass is 9.80. The van der Waals surface area contributed by atoms with Gasteiger partial charge in [0.1, 0.15) is 0 Å². The summed E-state index contributed by atoms with van der Waals surface area (Å²) in [6, 6.07) is 8.02. The van der Waals surface area contributed by atoms with Crippen LogP contribution in [0.1, 0.15) is 40.0 Å². The summed E-state index contributed by atoms with van der Waals surface area (Å²) in [5.74, 6) is 1.58. The van der Waals surface area contributed by atoms with E-state index in [4.69, 9.17) is 0 Å². The molecule has 0 aromatic heterocycles. The third-order valence-electron chi connectivity index (χ3n) is 4.32. The highest BCUT2D eigenvalue weighted by Crippen LogP contribution is 2.31. The van der Waals surface area contributed by atoms with E-state index < -0.39 is 10.0 Å². The van der Waals surface area contributed by atoms with Crippen LogP contribution in [0.5, 0.6) is 0 Å². The standard InChI is InChI=1S/C16H26N2O2S/c1-4-21(19,20)18-15-8-6-14(7-9-15)17-16-10-5-12(2)11-13(16)3/h6-9,12-13,16-18H,4-5,10-11H2,1-3H3. The highest BCUT2D eigenvalue weighted by atomic mass is 32.2. The lowest BCUT2D eigenvalue weighted by molar-refractivity contribution is 0.276. The third kappa shape index (κ3) is 4.63. The largest absolute Gasteiger partial charge is 0.382 e. The lowest BCUT2D eigenvalue weighted by Gasteiger charge is -2.33. The van der Waals surface area contributed by atoms with Crippen molar-refractivity contribution in [1.29, 1.82) is 0 Å². The average molecular weight is 310 g/mol. The highest BCUT2D eigenvalue weighted by molar-refractivity contribution is 7.92. The van der Waals surface area contributed by atoms with Gasteiger partial charge in [-0.3, -0.25) is 4.72 Å². The summed E-state index contributed by atoms with van der Waals surface area (Å²) in [7, 11) is -3.20. The molecule has 0 aliphatic heterocycles. The molecule has 5 heteroatoms. The van der Waals surface area contributed by atoms with Crippen molar-refractivity contribution in [3.05, 3.63) is 24.3 Å². The molecule has 1 aromatic rings. The molecule has 2 rings (SSSR count). The van der Waals surface area contributed by atoms with Crippen LogP contribution in [0.2, 0.25) is 0 Å². The molecule has 118 valence electrons. The van der Waals surface area contributed by atoms with Gasteiger partial charge in [-0.1, -0.05) is 13.8 Å². The van der Waals surface area contributed by atoms with Crippen LogP contribution in [-0.4, -0.2) is 20.2 Å². The van der Waals surface area contributed by atoms with Gasteiger partial charge in [-0.25, -0.2) is 8.42 Å². The molecule has 0 radical (unpaired) electrons. The van der Waals surface area contributed by atoms with Crippen molar-refractivity contribution in [3.8, 4) is 0 Å². The van der Waals surface area contributed by atoms with E-state index in [0.717, 1.165) is 11.6 Å². The molecule has 0 heterocycles. The first-order valence-electron chi connectivity index (χ1n) is 7.76. The molecule has 0 spiro atoms. The van der Waals surface area contributed by atoms with Gasteiger partial charge in [-0.05, 0) is 62.3 Å². The van der Waals surface area contributed by atoms with Crippen molar-refractivity contribution in [2.45, 2.75) is 46.1 Å². The fourth-order valence-corrected chi connectivity index (χ4v) is 3.62. The first-order valence-corrected chi connectivity index (χ1v) is 9.42. The predicted molar refractivity (Wildman–Crippen MR) is 89.1 cm³/mol. The molecule has 1 saturated carbocycles. The molecule has 2 N–H and O–H groups in total. The average Bonchev–Trinajstić information content (AvgIpc) is 2.44. The number of sulfonamides is 1. The number of rotatable bonds is 5. The van der Waals surface area contributed by atoms with Crippen molar-refractivity contribution >= 4 is 21.4 Å². The second-order valence-corrected chi connectivity index (χ2v) is 8.24. The lowest BCUT2D eigenvalue weighted by Crippen LogP contribution is -2.32. The zero-order chi connectivity index (χ0) is 15.5. The van der Waals surface area contributed by atoms with Gasteiger partial charge in [0.2, 0.25) is 10.0 Å². The van der Waals surface area contributed by atoms with Gasteiger partial charge in [-0.2, -0.15) is 0 Å². The minimum atomic E-state index is -3.20. The van der Waals surface area contributed by atoms with Gasteiger partial charge in [-0.15, -0.1) is 0 Å². The predicted octanol–water partition coefficient (Wildman–Crippen LogP) is 3.68. The maximum Gasteiger partial charge on any atom is 0.232 e. The Morgan fingerprint density at radius 1 is 1.10 bits per heavy atom. The molecular weight excluding hydrogens is 284 g/mol. The minimum Gasteiger partial charge on any atom is -0.382 e. The Hall–Kier alpha value is -1.23. The molecule has 0 amide bonds. The second-order valence-electron chi connectivity index (χ2n) is 6.23. The fourth-order valence-electron chi connectivity index (χ4n) is 2.98. The summed E-state index contributed by atoms with van der Waals surface area (Å²) in [4.78, 5) is 0. The fraction of sp³-hybridized carbons (Fsp3) is 0.625. The van der Waals surface area contributed by atoms with Gasteiger partial charge >= 0.3 is 0 Å². The normalized spacial score (nSPS) is 26.3. The molecule has 3 atom stereocenters. The maximum absolute atomic E-state index is 11.5. The Bertz CT molecular complexity index is 554. The van der Waals surface area contributed by atoms with Crippen LogP contribution >= 0.6 is 0 Å². The van der Waals surface area contributed by atoms with Gasteiger partial charge in [0.25, 0.3) is 0 Å². The smallest absolute Gasteiger partial charge is 0.232 e. The first-order chi connectivity index (χ1) is 9.89. The summed E-state index contributed by atoms with van der Waals surface area (Å²) < 4.78 is 25.6. The summed E-state index contributed by atoms with van der Waals surface area (Å²) in [6.45, 7) is 6.25. The van der Waals surface area contributed by atoms with Crippen LogP contribution in [0.3, 0.4) is 0 Å². The molecule has 4 nitrogen and oxygen atoms in total. The van der Waals surface area contributed by atoms with Crippen molar-refractivity contribution < 1.29 is 8.42 Å². The Balaban J connectivity index is 1.96. The zero-order valence-corrected chi connectivity index (χ0v) is 13.9. The van der Waals surface area contributed by atoms with E-state index in [2.05, 4.69) is 23.9 Å². The molecule has 0 saturated heterocycles. The Morgan fingerprint density at radius 3 is 2.29 bits per heavy atom. The molecule has 21 heavy (non-hydrogen) atoms. The van der Waals surface area contributed by atoms with Crippen LogP contribution in [0, 0.1) is 11.8 Å². The summed E-state index contributed by atoms with van der Waals surface area (Å²) in [5.41, 5.74) is 1.67. The van der Waals surface area contributed by atoms with E-state index in [1.807, 2.05) is 24.3 Å². The topological polar surface area (TPSA) is 58.2 Å². The molecule has 0 bridgehead atoms. The number of anilines is 2. The Labute approximate surface area is 128 Å². The highest BCUT2D eigenvalue weighted by Gasteiger charge is 2.24. The van der Waals surface area contributed by atoms with E-state index >= 15 is 0 Å². The van der Waals surface area contributed by atoms with Crippen LogP contribution in [0.15, 0.2) is 24.3 Å². The number of hydrogen-bond acceptors (Lipinski definition) is 3. The monoisotopic (exact) mass is 310 g/mol. The maximum atomic E-state index is 11.5. The number of hydrogen-bond donors (Lipinski definition) is 2. The van der Waals surface area contributed by atoms with Gasteiger partial charge in [0.05, 0.1) is 5.75 Å². The quantitative estimate of drug-likeness (QED) is 0.872. The SMILES string of the molecule is CCS(=O)(=O)Nc1ccc(NC2CCC(C)CC2C)cc1. The summed E-state index contributed by atoms with van der Waals surface area (Å²) in [6.07, 6.45) is 3.75. The first kappa shape index (κ1) is 16.1. The minimum absolute atomic E-state index is 0.0881. The molecule has 1 aliphatic carbocycles. The Kier molecular flexibility index (Phi) is 5.14. The van der Waals surface area contributed by atoms with Crippen LogP contribution in [-0.2, 0) is 10.0 Å². The second kappa shape index (κ2) is 6.69. The van der Waals surface area contributed by atoms with Gasteiger partial charge < -0.3 is 5.32 Å². The van der Waals surface area contributed by atoms with Crippen LogP contribution in [0.25, 0.3) is 0 Å². The third-order valence-corrected chi connectivity index (χ3v) is 5.63. The molecule has 1 aliphatic rings. The number of benzene rings is 1. The Morgan fingerprint density at radius 2 is 1.71 bits per heavy atom. The zero-order valence-electron chi connectivity index (χ0n) is 13.1. The van der Waals surface area contributed by atoms with Crippen molar-refractivity contribution in [2.24, 2.45) is 11.8 Å². The van der Waals surface area contributed by atoms with E-state index in [0.29, 0.717) is 17.6 Å². The van der Waals surface area contributed by atoms with E-state index in [1.54, 1.807) is 6.92 Å². The van der Waals surface area contributed by atoms with Crippen LogP contribution < -0.4 is 10.0 Å². The van der Waals surface area contributed by atoms with E-state index in [9.17, 15) is 8.42 Å². The summed E-state index contributed by atoms with van der Waals surface area (Å²) >= 11 is 0. The number of nitrogens with one attached hydrogen (secondary N) is 2. The van der Waals surface area contributed by atoms with Crippen molar-refractivity contribution in [2.75, 3.05) is 15.8 Å². The molecule has 1 fully saturated rings. The van der Waals surface area contributed by atoms with Gasteiger partial charge in [0.15, 0.2) is 0 Å². The van der Waals surface area contributed by atoms with Crippen LogP contribution in [0.4, 0.5) is 11.4 Å². The molecule has 1 aromatic carbocycles.